The molecule has 18 atom stereocenters. The Bertz CT molecular complexity index is 1350. The lowest BCUT2D eigenvalue weighted by Gasteiger charge is -2.62. The van der Waals surface area contributed by atoms with E-state index in [1.165, 1.54) is 0 Å². The van der Waals surface area contributed by atoms with E-state index in [9.17, 15) is 65.4 Å². The summed E-state index contributed by atoms with van der Waals surface area (Å²) in [6.07, 6.45) is -7.85. The van der Waals surface area contributed by atoms with Crippen molar-refractivity contribution in [2.24, 2.45) is 46.3 Å². The highest BCUT2D eigenvalue weighted by molar-refractivity contribution is 5.81. The van der Waals surface area contributed by atoms with Gasteiger partial charge in [0.05, 0.1) is 25.4 Å². The van der Waals surface area contributed by atoms with Crippen LogP contribution in [0, 0.1) is 46.3 Å². The topological polar surface area (TPSA) is 321 Å². The fourth-order valence-corrected chi connectivity index (χ4v) is 11.8. The SMILES string of the molecule is C[C@H](CCC(=O)N(CCCNC(=O)[C@H](O)[C@H](O)[C@H](O)[C@H](O)CO)CCCNC(=O)[C@H](O)[C@@H](O)[C@@H](O)[C@H](O)CO)[C@@H]1CC[C@H]2[C@H]3CC[C@@H]4C[C@H](O)CC[C@]4(C)[C@H]3C[C@@H](O)[C@@]21C. The van der Waals surface area contributed by atoms with Crippen LogP contribution < -0.4 is 10.6 Å². The Labute approximate surface area is 353 Å². The first-order valence-corrected chi connectivity index (χ1v) is 22.1. The van der Waals surface area contributed by atoms with Crippen molar-refractivity contribution in [1.82, 2.24) is 15.5 Å². The Balaban J connectivity index is 1.35. The smallest absolute Gasteiger partial charge is 0.251 e. The molecule has 0 aromatic heterocycles. The van der Waals surface area contributed by atoms with Crippen molar-refractivity contribution in [3.05, 3.63) is 0 Å². The summed E-state index contributed by atoms with van der Waals surface area (Å²) in [5.41, 5.74) is -0.164. The molecule has 18 heteroatoms. The third kappa shape index (κ3) is 11.2. The number of nitrogens with zero attached hydrogens (tertiary/aromatic N) is 1. The van der Waals surface area contributed by atoms with Crippen LogP contribution in [0.3, 0.4) is 0 Å². The van der Waals surface area contributed by atoms with Gasteiger partial charge in [-0.05, 0) is 117 Å². The highest BCUT2D eigenvalue weighted by Crippen LogP contribution is 2.68. The summed E-state index contributed by atoms with van der Waals surface area (Å²) in [7, 11) is 0. The molecule has 348 valence electrons. The molecule has 4 fully saturated rings. The summed E-state index contributed by atoms with van der Waals surface area (Å²) in [6, 6.07) is 0. The lowest BCUT2D eigenvalue weighted by atomic mass is 9.43. The zero-order valence-electron chi connectivity index (χ0n) is 35.5. The van der Waals surface area contributed by atoms with Gasteiger partial charge in [0.15, 0.2) is 12.2 Å². The van der Waals surface area contributed by atoms with Gasteiger partial charge in [-0.25, -0.2) is 0 Å². The summed E-state index contributed by atoms with van der Waals surface area (Å²) < 4.78 is 0. The fourth-order valence-electron chi connectivity index (χ4n) is 11.8. The molecule has 0 radical (unpaired) electrons. The average molecular weight is 862 g/mol. The summed E-state index contributed by atoms with van der Waals surface area (Å²) in [6.45, 7) is 5.15. The van der Waals surface area contributed by atoms with Crippen LogP contribution in [0.1, 0.15) is 97.8 Å². The predicted octanol–water partition coefficient (Wildman–Crippen LogP) is -2.89. The molecule has 0 aromatic carbocycles. The van der Waals surface area contributed by atoms with Crippen LogP contribution in [-0.4, -0.2) is 184 Å². The zero-order valence-corrected chi connectivity index (χ0v) is 35.5. The number of aliphatic hydroxyl groups is 12. The quantitative estimate of drug-likeness (QED) is 0.0486. The van der Waals surface area contributed by atoms with Gasteiger partial charge in [-0.2, -0.15) is 0 Å². The molecular formula is C42H75N3O15. The monoisotopic (exact) mass is 862 g/mol. The Kier molecular flexibility index (Phi) is 18.6. The van der Waals surface area contributed by atoms with E-state index in [1.807, 2.05) is 0 Å². The number of amides is 3. The van der Waals surface area contributed by atoms with Gasteiger partial charge in [0.1, 0.15) is 36.6 Å². The molecule has 0 saturated heterocycles. The van der Waals surface area contributed by atoms with Gasteiger partial charge in [-0.15, -0.1) is 0 Å². The van der Waals surface area contributed by atoms with Crippen LogP contribution in [0.5, 0.6) is 0 Å². The second-order valence-corrected chi connectivity index (χ2v) is 18.9. The van der Waals surface area contributed by atoms with E-state index in [2.05, 4.69) is 31.4 Å². The molecule has 0 bridgehead atoms. The number of aliphatic hydroxyl groups excluding tert-OH is 12. The molecule has 0 unspecified atom stereocenters. The van der Waals surface area contributed by atoms with Gasteiger partial charge in [-0.3, -0.25) is 14.4 Å². The van der Waals surface area contributed by atoms with Crippen LogP contribution in [0.4, 0.5) is 0 Å². The van der Waals surface area contributed by atoms with E-state index >= 15 is 0 Å². The second kappa shape index (κ2) is 22.0. The van der Waals surface area contributed by atoms with Crippen LogP contribution >= 0.6 is 0 Å². The minimum Gasteiger partial charge on any atom is -0.394 e. The summed E-state index contributed by atoms with van der Waals surface area (Å²) in [5, 5.41) is 124. The highest BCUT2D eigenvalue weighted by Gasteiger charge is 2.63. The first-order valence-electron chi connectivity index (χ1n) is 22.1. The average Bonchev–Trinajstić information content (AvgIpc) is 3.61. The van der Waals surface area contributed by atoms with Gasteiger partial charge in [0, 0.05) is 32.6 Å². The van der Waals surface area contributed by atoms with Crippen LogP contribution in [0.15, 0.2) is 0 Å². The molecule has 4 saturated carbocycles. The molecule has 4 aliphatic carbocycles. The van der Waals surface area contributed by atoms with Gasteiger partial charge in [0.25, 0.3) is 11.8 Å². The molecule has 60 heavy (non-hydrogen) atoms. The number of carbonyl (C=O) groups excluding carboxylic acids is 3. The highest BCUT2D eigenvalue weighted by atomic mass is 16.4. The molecule has 3 amide bonds. The third-order valence-electron chi connectivity index (χ3n) is 15.5. The molecule has 4 aliphatic rings. The summed E-state index contributed by atoms with van der Waals surface area (Å²) in [5.74, 6) is -0.145. The Morgan fingerprint density at radius 1 is 0.700 bits per heavy atom. The summed E-state index contributed by atoms with van der Waals surface area (Å²) in [4.78, 5) is 40.3. The molecular weight excluding hydrogens is 786 g/mol. The fraction of sp³-hybridized carbons (Fsp3) is 0.929. The van der Waals surface area contributed by atoms with Crippen molar-refractivity contribution in [2.45, 2.75) is 159 Å². The number of hydrogen-bond donors (Lipinski definition) is 14. The van der Waals surface area contributed by atoms with Gasteiger partial charge < -0.3 is 76.8 Å². The maximum atomic E-state index is 13.8. The molecule has 14 N–H and O–H groups in total. The largest absolute Gasteiger partial charge is 0.394 e. The van der Waals surface area contributed by atoms with E-state index in [1.54, 1.807) is 4.90 Å². The molecule has 0 spiro atoms. The molecule has 18 nitrogen and oxygen atoms in total. The van der Waals surface area contributed by atoms with Crippen LogP contribution in [0.25, 0.3) is 0 Å². The van der Waals surface area contributed by atoms with Crippen LogP contribution in [0.2, 0.25) is 0 Å². The maximum Gasteiger partial charge on any atom is 0.251 e. The van der Waals surface area contributed by atoms with E-state index < -0.39 is 80.0 Å². The number of nitrogens with one attached hydrogen (secondary N) is 2. The van der Waals surface area contributed by atoms with Crippen molar-refractivity contribution in [3.8, 4) is 0 Å². The lowest BCUT2D eigenvalue weighted by molar-refractivity contribution is -0.175. The number of carbonyl (C=O) groups is 3. The number of fused-ring (bicyclic) bond motifs is 5. The number of hydrogen-bond acceptors (Lipinski definition) is 15. The summed E-state index contributed by atoms with van der Waals surface area (Å²) >= 11 is 0. The molecule has 0 aromatic rings. The van der Waals surface area contributed by atoms with Crippen molar-refractivity contribution in [3.63, 3.8) is 0 Å². The van der Waals surface area contributed by atoms with Gasteiger partial charge >= 0.3 is 0 Å². The lowest BCUT2D eigenvalue weighted by Crippen LogP contribution is -2.58. The first-order chi connectivity index (χ1) is 28.2. The first kappa shape index (κ1) is 50.6. The molecule has 0 aliphatic heterocycles. The van der Waals surface area contributed by atoms with E-state index in [0.717, 1.165) is 51.4 Å². The minimum absolute atomic E-state index is 0.0491. The Morgan fingerprint density at radius 3 is 1.75 bits per heavy atom. The van der Waals surface area contributed by atoms with Crippen molar-refractivity contribution >= 4 is 17.7 Å². The Morgan fingerprint density at radius 2 is 1.23 bits per heavy atom. The van der Waals surface area contributed by atoms with Crippen LogP contribution in [-0.2, 0) is 14.4 Å². The van der Waals surface area contributed by atoms with Gasteiger partial charge in [0.2, 0.25) is 5.91 Å². The van der Waals surface area contributed by atoms with Gasteiger partial charge in [-0.1, -0.05) is 20.8 Å². The minimum atomic E-state index is -2.11. The molecule has 0 heterocycles. The zero-order chi connectivity index (χ0) is 44.7. The maximum absolute atomic E-state index is 13.8. The van der Waals surface area contributed by atoms with E-state index in [4.69, 9.17) is 10.2 Å². The van der Waals surface area contributed by atoms with Crippen molar-refractivity contribution in [2.75, 3.05) is 39.4 Å². The normalized spacial score (nSPS) is 34.6. The van der Waals surface area contributed by atoms with E-state index in [0.29, 0.717) is 30.1 Å². The predicted molar refractivity (Wildman–Crippen MR) is 215 cm³/mol. The number of rotatable bonds is 22. The van der Waals surface area contributed by atoms with E-state index in [-0.39, 0.29) is 80.1 Å². The third-order valence-corrected chi connectivity index (χ3v) is 15.5. The standard InChI is InChI=1S/C42H75N3O15/c1-22(26-9-10-27-25-8-7-23-18-24(48)12-13-41(23,2)28(25)19-31(51)42(26,27)3)6-11-32(52)45(16-4-14-43-39(59)37(57)35(55)33(53)29(49)20-46)17-5-15-44-40(60)38(58)36(56)34(54)30(50)21-47/h22-31,33-38,46-51,53-58H,4-21H2,1-3H3,(H,43,59)(H,44,60)/t22-,23-,24-,25-,26+,27+,28+,29-,30-,31-,33-,34+,35-,36+,37-,38-,41+,42-/m1/s1. The second-order valence-electron chi connectivity index (χ2n) is 18.9. The molecule has 4 rings (SSSR count). The Hall–Kier alpha value is -2.07. The van der Waals surface area contributed by atoms with Crippen molar-refractivity contribution < 1.29 is 75.7 Å². The van der Waals surface area contributed by atoms with Crippen molar-refractivity contribution in [1.29, 1.82) is 0 Å².